The molecule has 13 heavy (non-hydrogen) atoms. The second-order valence-electron chi connectivity index (χ2n) is 2.77. The number of imide groups is 1. The first kappa shape index (κ1) is 9.50. The molecule has 6 nitrogen and oxygen atoms in total. The van der Waals surface area contributed by atoms with Crippen LogP contribution < -0.4 is 10.6 Å². The second-order valence-corrected chi connectivity index (χ2v) is 2.77. The molecule has 0 bridgehead atoms. The van der Waals surface area contributed by atoms with E-state index in [4.69, 9.17) is 0 Å². The Balaban J connectivity index is 2.69. The van der Waals surface area contributed by atoms with Gasteiger partial charge in [0, 0.05) is 14.1 Å². The van der Waals surface area contributed by atoms with Crippen LogP contribution in [0.3, 0.4) is 0 Å². The van der Waals surface area contributed by atoms with Gasteiger partial charge in [-0.2, -0.15) is 0 Å². The lowest BCUT2D eigenvalue weighted by Gasteiger charge is -2.27. The Labute approximate surface area is 75.3 Å². The number of carbonyl (C=O) groups excluding carboxylic acids is 3. The van der Waals surface area contributed by atoms with Crippen molar-refractivity contribution in [3.05, 3.63) is 0 Å². The molecule has 1 saturated heterocycles. The molecule has 2 N–H and O–H groups in total. The van der Waals surface area contributed by atoms with Gasteiger partial charge in [-0.15, -0.1) is 0 Å². The molecule has 1 heterocycles. The highest BCUT2D eigenvalue weighted by atomic mass is 16.2. The fraction of sp³-hybridized carbons (Fsp3) is 0.571. The maximum Gasteiger partial charge on any atom is 0.324 e. The number of amides is 4. The van der Waals surface area contributed by atoms with E-state index >= 15 is 0 Å². The maximum atomic E-state index is 11.1. The Morgan fingerprint density at radius 3 is 2.69 bits per heavy atom. The van der Waals surface area contributed by atoms with Gasteiger partial charge in [-0.3, -0.25) is 14.5 Å². The van der Waals surface area contributed by atoms with E-state index in [1.54, 1.807) is 0 Å². The van der Waals surface area contributed by atoms with E-state index in [9.17, 15) is 14.4 Å². The maximum absolute atomic E-state index is 11.1. The van der Waals surface area contributed by atoms with Crippen molar-refractivity contribution in [2.75, 3.05) is 14.1 Å². The summed E-state index contributed by atoms with van der Waals surface area (Å²) in [5, 5.41) is 4.77. The van der Waals surface area contributed by atoms with Crippen LogP contribution in [0.1, 0.15) is 6.42 Å². The normalized spacial score (nSPS) is 22.6. The van der Waals surface area contributed by atoms with Crippen LogP contribution in [-0.2, 0) is 9.59 Å². The summed E-state index contributed by atoms with van der Waals surface area (Å²) in [6.45, 7) is 0. The van der Waals surface area contributed by atoms with Crippen molar-refractivity contribution >= 4 is 17.8 Å². The SMILES string of the molecule is CNC(=O)[C@@H]1CC(=O)N(C)C(=O)N1. The molecule has 0 spiro atoms. The summed E-state index contributed by atoms with van der Waals surface area (Å²) in [5.74, 6) is -0.702. The van der Waals surface area contributed by atoms with Crippen molar-refractivity contribution in [2.24, 2.45) is 0 Å². The number of likely N-dealkylation sites (N-methyl/N-ethyl adjacent to an activating group) is 1. The highest BCUT2D eigenvalue weighted by molar-refractivity contribution is 6.02. The van der Waals surface area contributed by atoms with Crippen LogP contribution in [0.5, 0.6) is 0 Å². The average Bonchev–Trinajstić information content (AvgIpc) is 2.12. The Morgan fingerprint density at radius 1 is 1.62 bits per heavy atom. The number of hydrogen-bond acceptors (Lipinski definition) is 3. The van der Waals surface area contributed by atoms with Gasteiger partial charge in [0.2, 0.25) is 11.8 Å². The minimum atomic E-state index is -0.735. The monoisotopic (exact) mass is 185 g/mol. The van der Waals surface area contributed by atoms with Crippen molar-refractivity contribution < 1.29 is 14.4 Å². The van der Waals surface area contributed by atoms with E-state index in [0.717, 1.165) is 4.90 Å². The predicted molar refractivity (Wildman–Crippen MR) is 43.8 cm³/mol. The fourth-order valence-electron chi connectivity index (χ4n) is 1.05. The minimum Gasteiger partial charge on any atom is -0.357 e. The molecule has 0 aliphatic carbocycles. The van der Waals surface area contributed by atoms with E-state index < -0.39 is 12.1 Å². The Bertz CT molecular complexity index is 246. The molecule has 1 atom stereocenters. The van der Waals surface area contributed by atoms with Crippen LogP contribution in [-0.4, -0.2) is 42.9 Å². The zero-order chi connectivity index (χ0) is 10.0. The van der Waals surface area contributed by atoms with Gasteiger partial charge in [-0.05, 0) is 0 Å². The minimum absolute atomic E-state index is 0.0158. The molecule has 0 radical (unpaired) electrons. The Hall–Kier alpha value is -1.59. The van der Waals surface area contributed by atoms with Gasteiger partial charge in [-0.25, -0.2) is 4.79 Å². The van der Waals surface area contributed by atoms with Crippen LogP contribution in [0, 0.1) is 0 Å². The Morgan fingerprint density at radius 2 is 2.23 bits per heavy atom. The van der Waals surface area contributed by atoms with Crippen LogP contribution in [0.25, 0.3) is 0 Å². The van der Waals surface area contributed by atoms with Gasteiger partial charge >= 0.3 is 6.03 Å². The summed E-state index contributed by atoms with van der Waals surface area (Å²) in [5.41, 5.74) is 0. The molecule has 1 aliphatic heterocycles. The first-order chi connectivity index (χ1) is 6.06. The molecule has 72 valence electrons. The first-order valence-electron chi connectivity index (χ1n) is 3.85. The van der Waals surface area contributed by atoms with E-state index in [1.165, 1.54) is 14.1 Å². The average molecular weight is 185 g/mol. The summed E-state index contributed by atoms with van der Waals surface area (Å²) < 4.78 is 0. The predicted octanol–water partition coefficient (Wildman–Crippen LogP) is -1.33. The van der Waals surface area contributed by atoms with Gasteiger partial charge < -0.3 is 10.6 Å². The largest absolute Gasteiger partial charge is 0.357 e. The summed E-state index contributed by atoms with van der Waals surface area (Å²) in [4.78, 5) is 34.2. The number of urea groups is 1. The molecule has 0 aromatic rings. The van der Waals surface area contributed by atoms with E-state index in [2.05, 4.69) is 10.6 Å². The molecule has 1 rings (SSSR count). The smallest absolute Gasteiger partial charge is 0.324 e. The second kappa shape index (κ2) is 3.42. The summed E-state index contributed by atoms with van der Waals surface area (Å²) >= 11 is 0. The third kappa shape index (κ3) is 1.77. The molecule has 0 unspecified atom stereocenters. The molecule has 6 heteroatoms. The summed E-state index contributed by atoms with van der Waals surface area (Å²) in [6.07, 6.45) is 0.0158. The highest BCUT2D eigenvalue weighted by Crippen LogP contribution is 2.04. The molecule has 1 aliphatic rings. The standard InChI is InChI=1S/C7H11N3O3/c1-8-6(12)4-3-5(11)10(2)7(13)9-4/h4H,3H2,1-2H3,(H,8,12)(H,9,13)/t4-/m0/s1. The number of nitrogens with one attached hydrogen (secondary N) is 2. The van der Waals surface area contributed by atoms with Crippen molar-refractivity contribution in [2.45, 2.75) is 12.5 Å². The van der Waals surface area contributed by atoms with Crippen LogP contribution in [0.4, 0.5) is 4.79 Å². The van der Waals surface area contributed by atoms with Crippen LogP contribution in [0.2, 0.25) is 0 Å². The molecule has 1 fully saturated rings. The Kier molecular flexibility index (Phi) is 2.50. The van der Waals surface area contributed by atoms with E-state index in [0.29, 0.717) is 0 Å². The lowest BCUT2D eigenvalue weighted by Crippen LogP contribution is -2.57. The molecule has 0 aromatic carbocycles. The van der Waals surface area contributed by atoms with Gasteiger partial charge in [0.25, 0.3) is 0 Å². The third-order valence-electron chi connectivity index (χ3n) is 1.92. The first-order valence-corrected chi connectivity index (χ1v) is 3.85. The van der Waals surface area contributed by atoms with Gasteiger partial charge in [0.15, 0.2) is 0 Å². The van der Waals surface area contributed by atoms with Crippen molar-refractivity contribution in [3.8, 4) is 0 Å². The molecule has 4 amide bonds. The number of nitrogens with zero attached hydrogens (tertiary/aromatic N) is 1. The summed E-state index contributed by atoms with van der Waals surface area (Å²) in [6, 6.07) is -1.27. The van der Waals surface area contributed by atoms with Crippen molar-refractivity contribution in [1.29, 1.82) is 0 Å². The topological polar surface area (TPSA) is 78.5 Å². The molecule has 0 aromatic heterocycles. The van der Waals surface area contributed by atoms with Gasteiger partial charge in [0.05, 0.1) is 6.42 Å². The quantitative estimate of drug-likeness (QED) is 0.531. The lowest BCUT2D eigenvalue weighted by atomic mass is 10.1. The zero-order valence-electron chi connectivity index (χ0n) is 7.46. The van der Waals surface area contributed by atoms with Gasteiger partial charge in [-0.1, -0.05) is 0 Å². The molecular weight excluding hydrogens is 174 g/mol. The molecule has 0 saturated carbocycles. The highest BCUT2D eigenvalue weighted by Gasteiger charge is 2.32. The third-order valence-corrected chi connectivity index (χ3v) is 1.92. The van der Waals surface area contributed by atoms with Crippen LogP contribution >= 0.6 is 0 Å². The number of carbonyl (C=O) groups is 3. The van der Waals surface area contributed by atoms with Gasteiger partial charge in [0.1, 0.15) is 6.04 Å². The van der Waals surface area contributed by atoms with Crippen molar-refractivity contribution in [1.82, 2.24) is 15.5 Å². The lowest BCUT2D eigenvalue weighted by molar-refractivity contribution is -0.133. The zero-order valence-corrected chi connectivity index (χ0v) is 7.46. The van der Waals surface area contributed by atoms with E-state index in [1.807, 2.05) is 0 Å². The molecular formula is C7H11N3O3. The number of hydrogen-bond donors (Lipinski definition) is 2. The van der Waals surface area contributed by atoms with E-state index in [-0.39, 0.29) is 18.2 Å². The van der Waals surface area contributed by atoms with Crippen molar-refractivity contribution in [3.63, 3.8) is 0 Å². The van der Waals surface area contributed by atoms with Crippen LogP contribution in [0.15, 0.2) is 0 Å². The number of rotatable bonds is 1. The summed E-state index contributed by atoms with van der Waals surface area (Å²) in [7, 11) is 2.83. The fourth-order valence-corrected chi connectivity index (χ4v) is 1.05.